The Kier molecular flexibility index (Phi) is 5.39. The number of fused-ring (bicyclic) bond motifs is 1. The molecule has 2 aromatic heterocycles. The number of likely N-dealkylation sites (tertiary alicyclic amines) is 1. The summed E-state index contributed by atoms with van der Waals surface area (Å²) < 4.78 is 11.9. The van der Waals surface area contributed by atoms with E-state index in [1.54, 1.807) is 12.0 Å². The van der Waals surface area contributed by atoms with Crippen LogP contribution in [0.4, 0.5) is 9.93 Å². The Morgan fingerprint density at radius 3 is 2.79 bits per heavy atom. The summed E-state index contributed by atoms with van der Waals surface area (Å²) >= 11 is 1.46. The zero-order valence-electron chi connectivity index (χ0n) is 16.2. The second kappa shape index (κ2) is 7.81. The molecule has 4 heterocycles. The highest BCUT2D eigenvalue weighted by Crippen LogP contribution is 2.39. The summed E-state index contributed by atoms with van der Waals surface area (Å²) in [6.07, 6.45) is 4.93. The van der Waals surface area contributed by atoms with Gasteiger partial charge in [-0.25, -0.2) is 14.8 Å². The van der Waals surface area contributed by atoms with Crippen molar-refractivity contribution in [2.24, 2.45) is 0 Å². The van der Waals surface area contributed by atoms with Gasteiger partial charge in [-0.3, -0.25) is 5.32 Å². The maximum atomic E-state index is 12.6. The van der Waals surface area contributed by atoms with E-state index in [1.165, 1.54) is 11.3 Å². The number of ether oxygens (including phenoxy) is 2. The highest BCUT2D eigenvalue weighted by atomic mass is 32.1. The largest absolute Gasteiger partial charge is 0.479 e. The van der Waals surface area contributed by atoms with Gasteiger partial charge in [0.2, 0.25) is 5.88 Å². The lowest BCUT2D eigenvalue weighted by atomic mass is 9.93. The van der Waals surface area contributed by atoms with Gasteiger partial charge in [0.25, 0.3) is 0 Å². The molecule has 9 heteroatoms. The van der Waals surface area contributed by atoms with Crippen molar-refractivity contribution >= 4 is 32.7 Å². The molecule has 2 N–H and O–H groups in total. The molecule has 2 saturated heterocycles. The van der Waals surface area contributed by atoms with Gasteiger partial charge >= 0.3 is 6.03 Å². The highest BCUT2D eigenvalue weighted by molar-refractivity contribution is 7.22. The first-order chi connectivity index (χ1) is 13.5. The highest BCUT2D eigenvalue weighted by Gasteiger charge is 2.30. The summed E-state index contributed by atoms with van der Waals surface area (Å²) in [7, 11) is 1.58. The molecule has 0 spiro atoms. The first kappa shape index (κ1) is 19.4. The predicted molar refractivity (Wildman–Crippen MR) is 107 cm³/mol. The summed E-state index contributed by atoms with van der Waals surface area (Å²) in [5, 5.41) is 13.5. The van der Waals surface area contributed by atoms with Crippen molar-refractivity contribution in [3.63, 3.8) is 0 Å². The van der Waals surface area contributed by atoms with Crippen LogP contribution in [0, 0.1) is 0 Å². The number of carbonyl (C=O) groups is 1. The van der Waals surface area contributed by atoms with E-state index < -0.39 is 5.60 Å². The molecule has 0 aliphatic carbocycles. The molecule has 2 amide bonds. The fraction of sp³-hybridized carbons (Fsp3) is 0.632. The van der Waals surface area contributed by atoms with Crippen LogP contribution in [0.25, 0.3) is 10.2 Å². The number of methoxy groups -OCH3 is 1. The number of nitrogens with zero attached hydrogens (tertiary/aromatic N) is 3. The number of hydrogen-bond donors (Lipinski definition) is 2. The molecule has 2 aliphatic heterocycles. The molecule has 8 nitrogen and oxygen atoms in total. The first-order valence-corrected chi connectivity index (χ1v) is 10.5. The summed E-state index contributed by atoms with van der Waals surface area (Å²) in [5.74, 6) is 0.847. The third kappa shape index (κ3) is 3.92. The lowest BCUT2D eigenvalue weighted by Crippen LogP contribution is -2.46. The van der Waals surface area contributed by atoms with Crippen LogP contribution >= 0.6 is 11.3 Å². The summed E-state index contributed by atoms with van der Waals surface area (Å²) in [4.78, 5) is 23.4. The molecule has 0 unspecified atom stereocenters. The third-order valence-electron chi connectivity index (χ3n) is 5.61. The predicted octanol–water partition coefficient (Wildman–Crippen LogP) is 2.97. The number of aliphatic hydroxyl groups is 1. The molecule has 2 aromatic rings. The number of thiazole rings is 1. The van der Waals surface area contributed by atoms with Crippen molar-refractivity contribution in [2.75, 3.05) is 38.7 Å². The molecule has 152 valence electrons. The average molecular weight is 407 g/mol. The zero-order valence-corrected chi connectivity index (χ0v) is 17.0. The third-order valence-corrected chi connectivity index (χ3v) is 6.63. The van der Waals surface area contributed by atoms with Crippen molar-refractivity contribution < 1.29 is 19.4 Å². The van der Waals surface area contributed by atoms with Gasteiger partial charge in [-0.2, -0.15) is 0 Å². The van der Waals surface area contributed by atoms with E-state index in [9.17, 15) is 9.90 Å². The molecule has 2 aliphatic rings. The van der Waals surface area contributed by atoms with Crippen LogP contribution in [0.2, 0.25) is 0 Å². The zero-order chi connectivity index (χ0) is 19.7. The van der Waals surface area contributed by atoms with Gasteiger partial charge < -0.3 is 19.5 Å². The van der Waals surface area contributed by atoms with Crippen molar-refractivity contribution in [2.45, 2.75) is 44.1 Å². The Balaban J connectivity index is 1.57. The van der Waals surface area contributed by atoms with Crippen molar-refractivity contribution in [3.8, 4) is 5.88 Å². The number of nitrogens with one attached hydrogen (secondary N) is 1. The number of anilines is 1. The van der Waals surface area contributed by atoms with E-state index in [1.807, 2.05) is 13.1 Å². The Bertz CT molecular complexity index is 853. The Hall–Kier alpha value is -1.97. The van der Waals surface area contributed by atoms with Crippen molar-refractivity contribution in [1.82, 2.24) is 14.9 Å². The van der Waals surface area contributed by atoms with Crippen LogP contribution in [0.1, 0.15) is 44.1 Å². The Labute approximate surface area is 167 Å². The molecule has 0 atom stereocenters. The lowest BCUT2D eigenvalue weighted by molar-refractivity contribution is 0.00570. The molecule has 2 fully saturated rings. The number of carbonyl (C=O) groups excluding carboxylic acids is 1. The van der Waals surface area contributed by atoms with E-state index >= 15 is 0 Å². The van der Waals surface area contributed by atoms with Gasteiger partial charge in [-0.15, -0.1) is 0 Å². The molecule has 0 bridgehead atoms. The molecule has 0 saturated carbocycles. The maximum absolute atomic E-state index is 12.6. The summed E-state index contributed by atoms with van der Waals surface area (Å²) in [5.41, 5.74) is 1.14. The van der Waals surface area contributed by atoms with E-state index in [-0.39, 0.29) is 6.03 Å². The quantitative estimate of drug-likeness (QED) is 0.813. The van der Waals surface area contributed by atoms with Crippen LogP contribution in [0.5, 0.6) is 5.88 Å². The Morgan fingerprint density at radius 2 is 2.11 bits per heavy atom. The molecular weight excluding hydrogens is 380 g/mol. The minimum Gasteiger partial charge on any atom is -0.479 e. The van der Waals surface area contributed by atoms with E-state index in [0.717, 1.165) is 36.3 Å². The maximum Gasteiger partial charge on any atom is 0.323 e. The van der Waals surface area contributed by atoms with E-state index in [2.05, 4.69) is 15.3 Å². The minimum absolute atomic E-state index is 0.186. The number of aromatic nitrogens is 2. The van der Waals surface area contributed by atoms with Gasteiger partial charge in [0.1, 0.15) is 5.52 Å². The first-order valence-electron chi connectivity index (χ1n) is 9.66. The molecular formula is C19H26N4O4S. The number of pyridine rings is 1. The normalized spacial score (nSPS) is 20.3. The second-order valence-corrected chi connectivity index (χ2v) is 8.72. The van der Waals surface area contributed by atoms with Gasteiger partial charge in [0.15, 0.2) is 5.13 Å². The monoisotopic (exact) mass is 406 g/mol. The SMILES string of the molecule is COc1ncc(C2CCOCC2)c2sc(NC(=O)N3CCC(C)(O)CC3)nc12. The van der Waals surface area contributed by atoms with Gasteiger partial charge in [-0.05, 0) is 44.1 Å². The molecule has 28 heavy (non-hydrogen) atoms. The fourth-order valence-corrected chi connectivity index (χ4v) is 4.81. The average Bonchev–Trinajstić information content (AvgIpc) is 3.11. The number of rotatable bonds is 3. The number of hydrogen-bond acceptors (Lipinski definition) is 7. The fourth-order valence-electron chi connectivity index (χ4n) is 3.77. The Morgan fingerprint density at radius 1 is 1.39 bits per heavy atom. The topological polar surface area (TPSA) is 96.8 Å². The van der Waals surface area contributed by atoms with Crippen molar-refractivity contribution in [1.29, 1.82) is 0 Å². The van der Waals surface area contributed by atoms with Crippen LogP contribution in [0.15, 0.2) is 6.20 Å². The van der Waals surface area contributed by atoms with Gasteiger partial charge in [0.05, 0.1) is 17.4 Å². The van der Waals surface area contributed by atoms with Crippen LogP contribution in [-0.4, -0.2) is 65.0 Å². The van der Waals surface area contributed by atoms with Crippen molar-refractivity contribution in [3.05, 3.63) is 11.8 Å². The molecule has 4 rings (SSSR count). The molecule has 0 radical (unpaired) electrons. The van der Waals surface area contributed by atoms with Crippen LogP contribution in [0.3, 0.4) is 0 Å². The van der Waals surface area contributed by atoms with E-state index in [0.29, 0.717) is 48.4 Å². The standard InChI is InChI=1S/C19H26N4O4S/c1-19(25)5-7-23(8-6-19)18(24)22-17-21-14-15(28-17)13(11-20-16(14)26-2)12-3-9-27-10-4-12/h11-12,25H,3-10H2,1-2H3,(H,21,22,24). The summed E-state index contributed by atoms with van der Waals surface area (Å²) in [6, 6.07) is -0.186. The number of amides is 2. The smallest absolute Gasteiger partial charge is 0.323 e. The number of piperidine rings is 1. The minimum atomic E-state index is -0.690. The van der Waals surface area contributed by atoms with Crippen LogP contribution in [-0.2, 0) is 4.74 Å². The van der Waals surface area contributed by atoms with Gasteiger partial charge in [0, 0.05) is 32.5 Å². The second-order valence-electron chi connectivity index (χ2n) is 7.72. The lowest BCUT2D eigenvalue weighted by Gasteiger charge is -2.35. The number of urea groups is 1. The van der Waals surface area contributed by atoms with E-state index in [4.69, 9.17) is 9.47 Å². The van der Waals surface area contributed by atoms with Gasteiger partial charge in [-0.1, -0.05) is 11.3 Å². The molecule has 0 aromatic carbocycles. The summed E-state index contributed by atoms with van der Waals surface area (Å²) in [6.45, 7) is 4.37. The van der Waals surface area contributed by atoms with Crippen LogP contribution < -0.4 is 10.1 Å².